The van der Waals surface area contributed by atoms with E-state index < -0.39 is 22.9 Å². The lowest BCUT2D eigenvalue weighted by Crippen LogP contribution is -2.43. The van der Waals surface area contributed by atoms with Crippen molar-refractivity contribution in [2.75, 3.05) is 31.2 Å². The van der Waals surface area contributed by atoms with Crippen LogP contribution in [0.25, 0.3) is 0 Å². The minimum absolute atomic E-state index is 0.0394. The Morgan fingerprint density at radius 3 is 2.58 bits per heavy atom. The third-order valence-electron chi connectivity index (χ3n) is 4.09. The number of benzene rings is 1. The van der Waals surface area contributed by atoms with Crippen LogP contribution in [0, 0.1) is 11.6 Å². The third kappa shape index (κ3) is 3.09. The Morgan fingerprint density at radius 1 is 1.21 bits per heavy atom. The maximum Gasteiger partial charge on any atom is 0.329 e. The minimum Gasteiger partial charge on any atom is -0.378 e. The average molecular weight is 337 g/mol. The summed E-state index contributed by atoms with van der Waals surface area (Å²) in [7, 11) is 1.36. The topological polar surface area (TPSA) is 67.3 Å². The van der Waals surface area contributed by atoms with Crippen LogP contribution in [0.1, 0.15) is 11.1 Å². The molecule has 0 atom stereocenters. The molecule has 6 nitrogen and oxygen atoms in total. The van der Waals surface area contributed by atoms with Crippen LogP contribution in [0.5, 0.6) is 0 Å². The number of nitrogens with one attached hydrogen (secondary N) is 1. The Balaban J connectivity index is 2.09. The van der Waals surface area contributed by atoms with Crippen LogP contribution in [0.15, 0.2) is 27.8 Å². The number of halogens is 2. The second kappa shape index (κ2) is 6.56. The van der Waals surface area contributed by atoms with Crippen molar-refractivity contribution < 1.29 is 13.5 Å². The Bertz CT molecular complexity index is 870. The van der Waals surface area contributed by atoms with E-state index in [2.05, 4.69) is 4.98 Å². The van der Waals surface area contributed by atoms with Crippen LogP contribution in [0.3, 0.4) is 0 Å². The largest absolute Gasteiger partial charge is 0.378 e. The number of aromatic amines is 1. The molecule has 24 heavy (non-hydrogen) atoms. The molecule has 2 heterocycles. The van der Waals surface area contributed by atoms with E-state index in [1.165, 1.54) is 13.1 Å². The van der Waals surface area contributed by atoms with Gasteiger partial charge in [0, 0.05) is 32.6 Å². The van der Waals surface area contributed by atoms with Gasteiger partial charge in [-0.1, -0.05) is 6.07 Å². The number of H-pyrrole nitrogens is 1. The molecule has 2 aromatic rings. The van der Waals surface area contributed by atoms with Crippen LogP contribution in [-0.2, 0) is 18.2 Å². The molecule has 1 aromatic carbocycles. The molecule has 1 saturated heterocycles. The van der Waals surface area contributed by atoms with Crippen LogP contribution < -0.4 is 16.1 Å². The third-order valence-corrected chi connectivity index (χ3v) is 4.09. The summed E-state index contributed by atoms with van der Waals surface area (Å²) in [6.07, 6.45) is -0.0394. The zero-order valence-electron chi connectivity index (χ0n) is 13.1. The monoisotopic (exact) mass is 337 g/mol. The van der Waals surface area contributed by atoms with E-state index in [0.29, 0.717) is 32.1 Å². The summed E-state index contributed by atoms with van der Waals surface area (Å²) in [5, 5.41) is 0. The highest BCUT2D eigenvalue weighted by atomic mass is 19.1. The summed E-state index contributed by atoms with van der Waals surface area (Å²) in [4.78, 5) is 29.0. The second-order valence-electron chi connectivity index (χ2n) is 5.63. The van der Waals surface area contributed by atoms with Crippen molar-refractivity contribution in [1.82, 2.24) is 9.55 Å². The molecule has 128 valence electrons. The smallest absolute Gasteiger partial charge is 0.329 e. The quantitative estimate of drug-likeness (QED) is 0.899. The number of hydrogen-bond acceptors (Lipinski definition) is 4. The lowest BCUT2D eigenvalue weighted by atomic mass is 10.1. The number of aromatic nitrogens is 2. The Labute approximate surface area is 136 Å². The number of nitrogens with zero attached hydrogens (tertiary/aromatic N) is 2. The summed E-state index contributed by atoms with van der Waals surface area (Å²) in [6, 6.07) is 3.22. The highest BCUT2D eigenvalue weighted by molar-refractivity contribution is 5.48. The van der Waals surface area contributed by atoms with Crippen molar-refractivity contribution in [3.63, 3.8) is 0 Å². The zero-order chi connectivity index (χ0) is 17.3. The molecule has 1 fully saturated rings. The average Bonchev–Trinajstić information content (AvgIpc) is 2.58. The van der Waals surface area contributed by atoms with Crippen LogP contribution in [-0.4, -0.2) is 35.9 Å². The highest BCUT2D eigenvalue weighted by Crippen LogP contribution is 2.20. The van der Waals surface area contributed by atoms with Gasteiger partial charge in [-0.3, -0.25) is 14.3 Å². The fourth-order valence-electron chi connectivity index (χ4n) is 2.73. The van der Waals surface area contributed by atoms with Gasteiger partial charge in [-0.15, -0.1) is 0 Å². The number of rotatable bonds is 3. The maximum absolute atomic E-state index is 14.0. The summed E-state index contributed by atoms with van der Waals surface area (Å²) in [5.41, 5.74) is -0.576. The van der Waals surface area contributed by atoms with Gasteiger partial charge in [0.2, 0.25) is 0 Å². The second-order valence-corrected chi connectivity index (χ2v) is 5.63. The molecular weight excluding hydrogens is 320 g/mol. The Hall–Kier alpha value is -2.48. The first kappa shape index (κ1) is 16.4. The molecule has 3 rings (SSSR count). The van der Waals surface area contributed by atoms with E-state index >= 15 is 0 Å². The predicted molar refractivity (Wildman–Crippen MR) is 84.5 cm³/mol. The highest BCUT2D eigenvalue weighted by Gasteiger charge is 2.21. The molecule has 0 spiro atoms. The van der Waals surface area contributed by atoms with Gasteiger partial charge in [-0.25, -0.2) is 13.6 Å². The molecule has 0 saturated carbocycles. The molecule has 1 aromatic heterocycles. The van der Waals surface area contributed by atoms with Crippen LogP contribution in [0.4, 0.5) is 14.6 Å². The van der Waals surface area contributed by atoms with E-state index in [4.69, 9.17) is 4.74 Å². The van der Waals surface area contributed by atoms with Gasteiger partial charge in [0.05, 0.1) is 18.8 Å². The standard InChI is InChI=1S/C16H17F2N3O3/c1-20-15(22)12(8-10-2-3-11(17)9-13(10)18)14(19-16(20)23)21-4-6-24-7-5-21/h2-3,9H,4-8H2,1H3,(H,19,23). The zero-order valence-corrected chi connectivity index (χ0v) is 13.1. The molecule has 8 heteroatoms. The summed E-state index contributed by atoms with van der Waals surface area (Å²) >= 11 is 0. The molecule has 0 bridgehead atoms. The van der Waals surface area contributed by atoms with E-state index in [1.807, 2.05) is 4.90 Å². The first-order valence-electron chi connectivity index (χ1n) is 7.56. The lowest BCUT2D eigenvalue weighted by Gasteiger charge is -2.29. The van der Waals surface area contributed by atoms with Gasteiger partial charge in [-0.2, -0.15) is 0 Å². The van der Waals surface area contributed by atoms with Crippen molar-refractivity contribution in [3.05, 3.63) is 61.8 Å². The van der Waals surface area contributed by atoms with Crippen LogP contribution in [0.2, 0.25) is 0 Å². The van der Waals surface area contributed by atoms with Crippen molar-refractivity contribution in [2.45, 2.75) is 6.42 Å². The lowest BCUT2D eigenvalue weighted by molar-refractivity contribution is 0.122. The fraction of sp³-hybridized carbons (Fsp3) is 0.375. The SMILES string of the molecule is Cn1c(=O)[nH]c(N2CCOCC2)c(Cc2ccc(F)cc2F)c1=O. The molecular formula is C16H17F2N3O3. The predicted octanol–water partition coefficient (Wildman–Crippen LogP) is 0.779. The first-order chi connectivity index (χ1) is 11.5. The van der Waals surface area contributed by atoms with Crippen molar-refractivity contribution in [2.24, 2.45) is 7.05 Å². The van der Waals surface area contributed by atoms with Gasteiger partial charge < -0.3 is 9.64 Å². The molecule has 1 aliphatic rings. The molecule has 1 N–H and O–H groups in total. The Kier molecular flexibility index (Phi) is 4.48. The normalized spacial score (nSPS) is 14.9. The minimum atomic E-state index is -0.726. The Morgan fingerprint density at radius 2 is 1.92 bits per heavy atom. The van der Waals surface area contributed by atoms with Gasteiger partial charge in [-0.05, 0) is 11.6 Å². The van der Waals surface area contributed by atoms with Gasteiger partial charge in [0.1, 0.15) is 17.5 Å². The maximum atomic E-state index is 14.0. The summed E-state index contributed by atoms with van der Waals surface area (Å²) in [6.45, 7) is 1.98. The van der Waals surface area contributed by atoms with Gasteiger partial charge >= 0.3 is 5.69 Å². The van der Waals surface area contributed by atoms with E-state index in [1.54, 1.807) is 0 Å². The summed E-state index contributed by atoms with van der Waals surface area (Å²) in [5.74, 6) is -1.04. The van der Waals surface area contributed by atoms with E-state index in [9.17, 15) is 18.4 Å². The fourth-order valence-corrected chi connectivity index (χ4v) is 2.73. The number of ether oxygens (including phenoxy) is 1. The van der Waals surface area contributed by atoms with Crippen molar-refractivity contribution in [3.8, 4) is 0 Å². The van der Waals surface area contributed by atoms with Crippen molar-refractivity contribution in [1.29, 1.82) is 0 Å². The van der Waals surface area contributed by atoms with E-state index in [-0.39, 0.29) is 17.5 Å². The van der Waals surface area contributed by atoms with E-state index in [0.717, 1.165) is 16.7 Å². The molecule has 0 radical (unpaired) electrons. The van der Waals surface area contributed by atoms with Crippen LogP contribution >= 0.6 is 0 Å². The number of anilines is 1. The van der Waals surface area contributed by atoms with Gasteiger partial charge in [0.15, 0.2) is 0 Å². The molecule has 0 unspecified atom stereocenters. The number of morpholine rings is 1. The molecule has 1 aliphatic heterocycles. The van der Waals surface area contributed by atoms with Crippen molar-refractivity contribution >= 4 is 5.82 Å². The summed E-state index contributed by atoms with van der Waals surface area (Å²) < 4.78 is 33.3. The first-order valence-corrected chi connectivity index (χ1v) is 7.56. The molecule has 0 aliphatic carbocycles. The molecule has 0 amide bonds. The van der Waals surface area contributed by atoms with Gasteiger partial charge in [0.25, 0.3) is 5.56 Å². The number of hydrogen-bond donors (Lipinski definition) is 1.